The van der Waals surface area contributed by atoms with Gasteiger partial charge in [-0.2, -0.15) is 5.10 Å². The van der Waals surface area contributed by atoms with Gasteiger partial charge in [-0.25, -0.2) is 18.1 Å². The fourth-order valence-corrected chi connectivity index (χ4v) is 6.09. The van der Waals surface area contributed by atoms with E-state index in [0.29, 0.717) is 23.1 Å². The van der Waals surface area contributed by atoms with E-state index in [9.17, 15) is 13.2 Å². The lowest BCUT2D eigenvalue weighted by molar-refractivity contribution is 0.558. The summed E-state index contributed by atoms with van der Waals surface area (Å²) in [5.74, 6) is 0.501. The zero-order valence-corrected chi connectivity index (χ0v) is 20.9. The van der Waals surface area contributed by atoms with Crippen LogP contribution >= 0.6 is 0 Å². The fraction of sp³-hybridized carbons (Fsp3) is 0.269. The molecule has 1 aliphatic carbocycles. The van der Waals surface area contributed by atoms with Gasteiger partial charge in [0, 0.05) is 36.5 Å². The molecule has 0 spiro atoms. The number of nitrogens with zero attached hydrogens (tertiary/aromatic N) is 5. The van der Waals surface area contributed by atoms with Crippen molar-refractivity contribution < 1.29 is 8.42 Å². The standard InChI is InChI=1S/C26H26N6O3S/c1-26(10-11-26)29-36(34,35)21-8-9-23-22(13-21)24(33)31(17-19-14-28-30(2)16-19)25-27-15-20(32(23)25)12-18-6-4-3-5-7-18/h3-9,13-16,29H,10-12,17H2,1-2H3. The zero-order chi connectivity index (χ0) is 25.1. The Balaban J connectivity index is 1.57. The predicted octanol–water partition coefficient (Wildman–Crippen LogP) is 2.85. The highest BCUT2D eigenvalue weighted by Crippen LogP contribution is 2.36. The number of nitrogens with one attached hydrogen (secondary N) is 1. The minimum absolute atomic E-state index is 0.0808. The summed E-state index contributed by atoms with van der Waals surface area (Å²) in [6, 6.07) is 14.8. The highest BCUT2D eigenvalue weighted by Gasteiger charge is 2.41. The Hall–Kier alpha value is -3.76. The Morgan fingerprint density at radius 3 is 2.53 bits per heavy atom. The molecule has 0 unspecified atom stereocenters. The van der Waals surface area contributed by atoms with Crippen molar-refractivity contribution in [2.45, 2.75) is 43.2 Å². The Labute approximate surface area is 208 Å². The molecule has 0 bridgehead atoms. The molecule has 6 rings (SSSR count). The minimum Gasteiger partial charge on any atom is -0.282 e. The van der Waals surface area contributed by atoms with Crippen LogP contribution in [0.5, 0.6) is 0 Å². The van der Waals surface area contributed by atoms with Crippen LogP contribution in [0, 0.1) is 0 Å². The van der Waals surface area contributed by atoms with E-state index in [0.717, 1.165) is 29.7 Å². The number of aromatic nitrogens is 5. The smallest absolute Gasteiger partial charge is 0.263 e. The van der Waals surface area contributed by atoms with Crippen molar-refractivity contribution in [2.24, 2.45) is 7.05 Å². The number of sulfonamides is 1. The van der Waals surface area contributed by atoms with E-state index < -0.39 is 15.6 Å². The topological polar surface area (TPSA) is 103 Å². The van der Waals surface area contributed by atoms with Gasteiger partial charge in [-0.05, 0) is 43.5 Å². The number of aryl methyl sites for hydroxylation is 1. The molecule has 36 heavy (non-hydrogen) atoms. The second kappa shape index (κ2) is 8.14. The van der Waals surface area contributed by atoms with Gasteiger partial charge in [0.05, 0.1) is 34.7 Å². The van der Waals surface area contributed by atoms with Crippen LogP contribution in [-0.4, -0.2) is 37.7 Å². The van der Waals surface area contributed by atoms with Crippen molar-refractivity contribution in [1.29, 1.82) is 0 Å². The second-order valence-electron chi connectivity index (χ2n) is 9.81. The molecule has 2 aromatic carbocycles. The number of benzene rings is 2. The van der Waals surface area contributed by atoms with Crippen LogP contribution in [-0.2, 0) is 30.0 Å². The highest BCUT2D eigenvalue weighted by atomic mass is 32.2. The summed E-state index contributed by atoms with van der Waals surface area (Å²) < 4.78 is 34.2. The normalized spacial score (nSPS) is 15.1. The maximum Gasteiger partial charge on any atom is 0.263 e. The van der Waals surface area contributed by atoms with Gasteiger partial charge in [0.1, 0.15) is 0 Å². The maximum absolute atomic E-state index is 13.8. The van der Waals surface area contributed by atoms with Gasteiger partial charge in [-0.3, -0.25) is 18.4 Å². The van der Waals surface area contributed by atoms with Gasteiger partial charge < -0.3 is 0 Å². The van der Waals surface area contributed by atoms with Gasteiger partial charge in [-0.15, -0.1) is 0 Å². The van der Waals surface area contributed by atoms with E-state index in [1.807, 2.05) is 54.9 Å². The van der Waals surface area contributed by atoms with Crippen LogP contribution in [0.25, 0.3) is 16.7 Å². The average Bonchev–Trinajstić information content (AvgIpc) is 3.22. The minimum atomic E-state index is -3.77. The number of rotatable bonds is 7. The van der Waals surface area contributed by atoms with E-state index in [1.54, 1.807) is 33.8 Å². The molecule has 0 amide bonds. The van der Waals surface area contributed by atoms with Crippen LogP contribution in [0.1, 0.15) is 36.6 Å². The molecule has 10 heteroatoms. The first-order chi connectivity index (χ1) is 17.2. The quantitative estimate of drug-likeness (QED) is 0.369. The van der Waals surface area contributed by atoms with Crippen LogP contribution in [0.15, 0.2) is 76.8 Å². The van der Waals surface area contributed by atoms with Crippen LogP contribution in [0.2, 0.25) is 0 Å². The monoisotopic (exact) mass is 502 g/mol. The summed E-state index contributed by atoms with van der Waals surface area (Å²) in [5, 5.41) is 4.54. The van der Waals surface area contributed by atoms with Crippen molar-refractivity contribution in [3.63, 3.8) is 0 Å². The van der Waals surface area contributed by atoms with E-state index in [4.69, 9.17) is 0 Å². The molecule has 3 heterocycles. The van der Waals surface area contributed by atoms with Crippen molar-refractivity contribution in [3.05, 3.63) is 94.3 Å². The molecule has 0 saturated heterocycles. The lowest BCUT2D eigenvalue weighted by Crippen LogP contribution is -2.34. The first kappa shape index (κ1) is 22.7. The molecule has 1 fully saturated rings. The number of hydrogen-bond donors (Lipinski definition) is 1. The molecule has 0 atom stereocenters. The summed E-state index contributed by atoms with van der Waals surface area (Å²) in [4.78, 5) is 18.5. The maximum atomic E-state index is 13.8. The number of hydrogen-bond acceptors (Lipinski definition) is 5. The van der Waals surface area contributed by atoms with Crippen molar-refractivity contribution in [1.82, 2.24) is 28.5 Å². The Morgan fingerprint density at radius 1 is 1.06 bits per heavy atom. The Kier molecular flexibility index (Phi) is 5.13. The van der Waals surface area contributed by atoms with E-state index in [2.05, 4.69) is 14.8 Å². The first-order valence-electron chi connectivity index (χ1n) is 11.8. The van der Waals surface area contributed by atoms with Gasteiger partial charge in [0.25, 0.3) is 5.56 Å². The van der Waals surface area contributed by atoms with Gasteiger partial charge >= 0.3 is 0 Å². The van der Waals surface area contributed by atoms with Crippen LogP contribution in [0.3, 0.4) is 0 Å². The third kappa shape index (κ3) is 4.02. The molecular formula is C26H26N6O3S. The third-order valence-corrected chi connectivity index (χ3v) is 8.40. The van der Waals surface area contributed by atoms with Crippen LogP contribution < -0.4 is 10.3 Å². The molecule has 5 aromatic rings. The lowest BCUT2D eigenvalue weighted by Gasteiger charge is -2.15. The Bertz CT molecular complexity index is 1780. The summed E-state index contributed by atoms with van der Waals surface area (Å²) in [6.45, 7) is 2.15. The van der Waals surface area contributed by atoms with E-state index in [-0.39, 0.29) is 17.0 Å². The average molecular weight is 503 g/mol. The summed E-state index contributed by atoms with van der Waals surface area (Å²) in [5.41, 5.74) is 2.77. The summed E-state index contributed by atoms with van der Waals surface area (Å²) in [6.07, 6.45) is 7.56. The van der Waals surface area contributed by atoms with Crippen molar-refractivity contribution in [2.75, 3.05) is 0 Å². The summed E-state index contributed by atoms with van der Waals surface area (Å²) >= 11 is 0. The molecule has 0 aliphatic heterocycles. The van der Waals surface area contributed by atoms with Gasteiger partial charge in [-0.1, -0.05) is 30.3 Å². The van der Waals surface area contributed by atoms with Crippen molar-refractivity contribution in [3.8, 4) is 0 Å². The first-order valence-corrected chi connectivity index (χ1v) is 13.3. The summed E-state index contributed by atoms with van der Waals surface area (Å²) in [7, 11) is -1.95. The zero-order valence-electron chi connectivity index (χ0n) is 20.0. The van der Waals surface area contributed by atoms with E-state index in [1.165, 1.54) is 6.07 Å². The molecule has 3 aromatic heterocycles. The van der Waals surface area contributed by atoms with E-state index >= 15 is 0 Å². The molecule has 0 radical (unpaired) electrons. The SMILES string of the molecule is Cn1cc(Cn2c(=O)c3cc(S(=O)(=O)NC4(C)CC4)ccc3n3c(Cc4ccccc4)cnc23)cn1. The van der Waals surface area contributed by atoms with Crippen molar-refractivity contribution >= 4 is 26.7 Å². The molecule has 1 N–H and O–H groups in total. The fourth-order valence-electron chi connectivity index (χ4n) is 4.60. The molecule has 184 valence electrons. The number of imidazole rings is 1. The Morgan fingerprint density at radius 2 is 1.83 bits per heavy atom. The highest BCUT2D eigenvalue weighted by molar-refractivity contribution is 7.89. The molecular weight excluding hydrogens is 476 g/mol. The lowest BCUT2D eigenvalue weighted by atomic mass is 10.1. The van der Waals surface area contributed by atoms with Gasteiger partial charge in [0.15, 0.2) is 0 Å². The third-order valence-electron chi connectivity index (χ3n) is 6.76. The molecule has 1 aliphatic rings. The second-order valence-corrected chi connectivity index (χ2v) is 11.5. The molecule has 9 nitrogen and oxygen atoms in total. The molecule has 1 saturated carbocycles. The largest absolute Gasteiger partial charge is 0.282 e. The predicted molar refractivity (Wildman–Crippen MR) is 136 cm³/mol. The number of fused-ring (bicyclic) bond motifs is 3. The van der Waals surface area contributed by atoms with Gasteiger partial charge in [0.2, 0.25) is 15.8 Å². The van der Waals surface area contributed by atoms with Crippen LogP contribution in [0.4, 0.5) is 0 Å².